The maximum atomic E-state index is 5.94. The molecule has 0 aliphatic carbocycles. The van der Waals surface area contributed by atoms with Crippen LogP contribution in [0.2, 0.25) is 10.4 Å². The number of rotatable bonds is 1. The smallest absolute Gasteiger partial charge is 0.174 e. The highest BCUT2D eigenvalue weighted by Crippen LogP contribution is 2.31. The Balaban J connectivity index is 2.32. The van der Waals surface area contributed by atoms with Crippen molar-refractivity contribution in [3.05, 3.63) is 58.4 Å². The van der Waals surface area contributed by atoms with Crippen molar-refractivity contribution in [1.82, 2.24) is 4.98 Å². The van der Waals surface area contributed by atoms with Crippen molar-refractivity contribution in [3.8, 4) is 11.3 Å². The first kappa shape index (κ1) is 12.4. The lowest BCUT2D eigenvalue weighted by atomic mass is 10.1. The minimum absolute atomic E-state index is 0.126. The summed E-state index contributed by atoms with van der Waals surface area (Å²) in [5.74, 6) is 0.704. The summed E-state index contributed by atoms with van der Waals surface area (Å²) >= 11 is 11.8. The van der Waals surface area contributed by atoms with Crippen LogP contribution in [0.25, 0.3) is 22.2 Å². The lowest BCUT2D eigenvalue weighted by molar-refractivity contribution is 0.554. The Morgan fingerprint density at radius 1 is 1.00 bits per heavy atom. The Morgan fingerprint density at radius 3 is 2.47 bits per heavy atom. The first-order valence-corrected chi connectivity index (χ1v) is 6.55. The summed E-state index contributed by atoms with van der Waals surface area (Å²) in [6.07, 6.45) is 0. The van der Waals surface area contributed by atoms with Gasteiger partial charge in [0.25, 0.3) is 0 Å². The van der Waals surface area contributed by atoms with Crippen molar-refractivity contribution in [2.45, 2.75) is 6.92 Å². The molecule has 0 bridgehead atoms. The van der Waals surface area contributed by atoms with E-state index in [0.717, 1.165) is 22.0 Å². The highest BCUT2D eigenvalue weighted by Gasteiger charge is 2.21. The monoisotopic (exact) mass is 290 g/mol. The van der Waals surface area contributed by atoms with E-state index in [4.69, 9.17) is 27.6 Å². The topological polar surface area (TPSA) is 24.2 Å². The van der Waals surface area contributed by atoms with Crippen LogP contribution in [0, 0.1) is 6.92 Å². The van der Waals surface area contributed by atoms with Crippen molar-refractivity contribution >= 4 is 34.1 Å². The summed E-state index contributed by atoms with van der Waals surface area (Å²) in [5, 5.41) is 1.75. The predicted molar refractivity (Wildman–Crippen MR) is 78.6 cm³/mol. The second-order valence-corrected chi connectivity index (χ2v) is 5.08. The number of fused-ring (bicyclic) bond motifs is 1. The third-order valence-electron chi connectivity index (χ3n) is 2.90. The molecule has 0 spiro atoms. The van der Waals surface area contributed by atoms with Crippen molar-refractivity contribution < 1.29 is 4.42 Å². The molecule has 1 heterocycles. The maximum absolute atomic E-state index is 5.94. The van der Waals surface area contributed by atoms with Crippen LogP contribution in [0.3, 0.4) is 0 Å². The van der Waals surface area contributed by atoms with Crippen LogP contribution in [-0.4, -0.2) is 4.98 Å². The molecule has 4 heteroatoms. The summed E-state index contributed by atoms with van der Waals surface area (Å²) in [6.45, 7) is 2.03. The molecule has 1 aromatic heterocycles. The first-order valence-electron chi connectivity index (χ1n) is 5.79. The van der Waals surface area contributed by atoms with Gasteiger partial charge in [-0.15, -0.1) is 4.98 Å². The van der Waals surface area contributed by atoms with Gasteiger partial charge in [0.2, 0.25) is 0 Å². The Morgan fingerprint density at radius 2 is 1.74 bits per heavy atom. The van der Waals surface area contributed by atoms with E-state index in [1.54, 1.807) is 0 Å². The summed E-state index contributed by atoms with van der Waals surface area (Å²) < 4.78 is 5.58. The van der Waals surface area contributed by atoms with E-state index in [2.05, 4.69) is 4.98 Å². The molecule has 3 rings (SSSR count). The highest BCUT2D eigenvalue weighted by atomic mass is 35.5. The van der Waals surface area contributed by atoms with Gasteiger partial charge in [0.15, 0.2) is 0 Å². The largest absolute Gasteiger partial charge is 0.528 e. The molecule has 0 unspecified atom stereocenters. The Labute approximate surface area is 120 Å². The zero-order valence-electron chi connectivity index (χ0n) is 10.2. The normalized spacial score (nSPS) is 10.9. The number of halogens is 2. The average molecular weight is 291 g/mol. The van der Waals surface area contributed by atoms with Crippen LogP contribution >= 0.6 is 23.2 Å². The van der Waals surface area contributed by atoms with Gasteiger partial charge in [-0.3, -0.25) is 0 Å². The van der Waals surface area contributed by atoms with Gasteiger partial charge in [0.05, 0.1) is 11.1 Å². The zero-order chi connectivity index (χ0) is 13.4. The Bertz CT molecular complexity index is 754. The molecule has 0 amide bonds. The van der Waals surface area contributed by atoms with E-state index in [1.807, 2.05) is 49.4 Å². The molecule has 94 valence electrons. The Kier molecular flexibility index (Phi) is 3.13. The van der Waals surface area contributed by atoms with Crippen molar-refractivity contribution in [2.75, 3.05) is 0 Å². The minimum Gasteiger partial charge on any atom is -0.174 e. The quantitative estimate of drug-likeness (QED) is 0.561. The third kappa shape index (κ3) is 2.42. The molecule has 19 heavy (non-hydrogen) atoms. The molecule has 0 saturated carbocycles. The fourth-order valence-electron chi connectivity index (χ4n) is 2.00. The lowest BCUT2D eigenvalue weighted by Crippen LogP contribution is -1.87. The van der Waals surface area contributed by atoms with E-state index in [9.17, 15) is 0 Å². The number of hydrogen-bond donors (Lipinski definition) is 0. The van der Waals surface area contributed by atoms with Gasteiger partial charge in [-0.05, 0) is 43.3 Å². The number of aromatic nitrogens is 1. The van der Waals surface area contributed by atoms with E-state index in [-0.39, 0.29) is 5.35 Å². The molecule has 0 aliphatic rings. The van der Waals surface area contributed by atoms with Crippen LogP contribution in [0.5, 0.6) is 0 Å². The van der Waals surface area contributed by atoms with Gasteiger partial charge in [-0.1, -0.05) is 23.2 Å². The van der Waals surface area contributed by atoms with E-state index < -0.39 is 0 Å². The van der Waals surface area contributed by atoms with E-state index >= 15 is 0 Å². The predicted octanol–water partition coefficient (Wildman–Crippen LogP) is 5.39. The number of hydrogen-bond acceptors (Lipinski definition) is 1. The summed E-state index contributed by atoms with van der Waals surface area (Å²) in [4.78, 5) is 4.19. The Hall–Kier alpha value is -1.64. The highest BCUT2D eigenvalue weighted by molar-refractivity contribution is 6.30. The number of aryl methyl sites for hydroxylation is 1. The number of nitrogens with zero attached hydrogens (tertiary/aromatic N) is 1. The molecule has 0 aliphatic heterocycles. The van der Waals surface area contributed by atoms with Crippen LogP contribution in [0.1, 0.15) is 5.56 Å². The SMILES string of the molecule is Cc1ccc2nc(Cl)[o+]c(-c3ccc(Cl)cc3)c2c1. The van der Waals surface area contributed by atoms with Gasteiger partial charge in [0, 0.05) is 16.6 Å². The fraction of sp³-hybridized carbons (Fsp3) is 0.0667. The zero-order valence-corrected chi connectivity index (χ0v) is 11.7. The molecule has 0 radical (unpaired) electrons. The van der Waals surface area contributed by atoms with Crippen LogP contribution in [0.15, 0.2) is 46.9 Å². The summed E-state index contributed by atoms with van der Waals surface area (Å²) in [6, 6.07) is 13.4. The molecule has 0 N–H and O–H groups in total. The second kappa shape index (κ2) is 4.80. The van der Waals surface area contributed by atoms with Crippen LogP contribution in [0.4, 0.5) is 0 Å². The average Bonchev–Trinajstić information content (AvgIpc) is 2.39. The second-order valence-electron chi connectivity index (χ2n) is 4.32. The van der Waals surface area contributed by atoms with Crippen molar-refractivity contribution in [2.24, 2.45) is 0 Å². The van der Waals surface area contributed by atoms with Gasteiger partial charge in [-0.25, -0.2) is 0 Å². The van der Waals surface area contributed by atoms with Gasteiger partial charge in [-0.2, -0.15) is 4.42 Å². The summed E-state index contributed by atoms with van der Waals surface area (Å²) in [5.41, 5.74) is 2.87. The fourth-order valence-corrected chi connectivity index (χ4v) is 2.30. The maximum Gasteiger partial charge on any atom is 0.528 e. The lowest BCUT2D eigenvalue weighted by Gasteiger charge is -1.99. The van der Waals surface area contributed by atoms with E-state index in [1.165, 1.54) is 0 Å². The van der Waals surface area contributed by atoms with Crippen molar-refractivity contribution in [1.29, 1.82) is 0 Å². The van der Waals surface area contributed by atoms with Crippen LogP contribution < -0.4 is 0 Å². The molecule has 0 atom stereocenters. The summed E-state index contributed by atoms with van der Waals surface area (Å²) in [7, 11) is 0. The molecule has 0 saturated heterocycles. The molecular weight excluding hydrogens is 281 g/mol. The van der Waals surface area contributed by atoms with Gasteiger partial charge in [0.1, 0.15) is 5.39 Å². The molecule has 2 nitrogen and oxygen atoms in total. The minimum atomic E-state index is 0.126. The van der Waals surface area contributed by atoms with Crippen molar-refractivity contribution in [3.63, 3.8) is 0 Å². The standard InChI is InChI=1S/C15H10Cl2NO/c1-9-2-7-13-12(8-9)14(19-15(17)18-13)10-3-5-11(16)6-4-10/h2-8H,1H3/q+1. The van der Waals surface area contributed by atoms with Crippen LogP contribution in [-0.2, 0) is 0 Å². The molecule has 2 aromatic carbocycles. The number of benzene rings is 2. The van der Waals surface area contributed by atoms with Gasteiger partial charge < -0.3 is 0 Å². The molecular formula is C15H10Cl2NO+. The first-order chi connectivity index (χ1) is 9.13. The third-order valence-corrected chi connectivity index (χ3v) is 3.31. The van der Waals surface area contributed by atoms with Gasteiger partial charge >= 0.3 is 11.1 Å². The molecule has 3 aromatic rings. The molecule has 0 fully saturated rings. The van der Waals surface area contributed by atoms with E-state index in [0.29, 0.717) is 10.8 Å².